The average molecular weight is 265 g/mol. The molecule has 0 aliphatic carbocycles. The SMILES string of the molecule is CN(C)c1cccc(-c2cc(=O)c3ccccc3o2)c1. The van der Waals surface area contributed by atoms with Gasteiger partial charge in [0.1, 0.15) is 11.3 Å². The number of benzene rings is 2. The zero-order valence-corrected chi connectivity index (χ0v) is 11.5. The number of anilines is 1. The quantitative estimate of drug-likeness (QED) is 0.710. The maximum atomic E-state index is 12.1. The van der Waals surface area contributed by atoms with Crippen LogP contribution in [0.1, 0.15) is 0 Å². The minimum absolute atomic E-state index is 0.0166. The van der Waals surface area contributed by atoms with E-state index in [2.05, 4.69) is 0 Å². The monoisotopic (exact) mass is 265 g/mol. The fourth-order valence-corrected chi connectivity index (χ4v) is 2.18. The van der Waals surface area contributed by atoms with E-state index in [9.17, 15) is 4.79 Å². The normalized spacial score (nSPS) is 10.7. The molecule has 1 aromatic heterocycles. The summed E-state index contributed by atoms with van der Waals surface area (Å²) in [5.74, 6) is 0.595. The first kappa shape index (κ1) is 12.5. The lowest BCUT2D eigenvalue weighted by Crippen LogP contribution is -2.08. The predicted molar refractivity (Wildman–Crippen MR) is 82.2 cm³/mol. The van der Waals surface area contributed by atoms with Crippen LogP contribution in [0.5, 0.6) is 0 Å². The van der Waals surface area contributed by atoms with Crippen LogP contribution in [0.4, 0.5) is 5.69 Å². The first-order valence-corrected chi connectivity index (χ1v) is 6.46. The second kappa shape index (κ2) is 4.85. The van der Waals surface area contributed by atoms with Crippen molar-refractivity contribution >= 4 is 16.7 Å². The van der Waals surface area contributed by atoms with Gasteiger partial charge in [-0.15, -0.1) is 0 Å². The molecule has 3 nitrogen and oxygen atoms in total. The van der Waals surface area contributed by atoms with E-state index in [0.29, 0.717) is 16.7 Å². The summed E-state index contributed by atoms with van der Waals surface area (Å²) in [4.78, 5) is 14.1. The van der Waals surface area contributed by atoms with E-state index < -0.39 is 0 Å². The molecule has 20 heavy (non-hydrogen) atoms. The van der Waals surface area contributed by atoms with Crippen molar-refractivity contribution in [3.63, 3.8) is 0 Å². The first-order chi connectivity index (χ1) is 9.65. The van der Waals surface area contributed by atoms with Gasteiger partial charge < -0.3 is 9.32 Å². The third kappa shape index (κ3) is 2.18. The van der Waals surface area contributed by atoms with Crippen molar-refractivity contribution in [1.82, 2.24) is 0 Å². The zero-order chi connectivity index (χ0) is 14.1. The molecule has 0 N–H and O–H groups in total. The Bertz CT molecular complexity index is 818. The van der Waals surface area contributed by atoms with Gasteiger partial charge in [-0.3, -0.25) is 4.79 Å². The number of hydrogen-bond donors (Lipinski definition) is 0. The van der Waals surface area contributed by atoms with Crippen molar-refractivity contribution in [1.29, 1.82) is 0 Å². The first-order valence-electron chi connectivity index (χ1n) is 6.46. The summed E-state index contributed by atoms with van der Waals surface area (Å²) >= 11 is 0. The molecule has 0 saturated heterocycles. The lowest BCUT2D eigenvalue weighted by atomic mass is 10.1. The van der Waals surface area contributed by atoms with Crippen LogP contribution in [0.15, 0.2) is 63.8 Å². The van der Waals surface area contributed by atoms with Crippen LogP contribution in [-0.2, 0) is 0 Å². The average Bonchev–Trinajstić information content (AvgIpc) is 2.47. The maximum absolute atomic E-state index is 12.1. The Hall–Kier alpha value is -2.55. The van der Waals surface area contributed by atoms with Crippen molar-refractivity contribution in [2.24, 2.45) is 0 Å². The van der Waals surface area contributed by atoms with Gasteiger partial charge in [0, 0.05) is 31.4 Å². The highest BCUT2D eigenvalue weighted by Gasteiger charge is 2.07. The van der Waals surface area contributed by atoms with Crippen molar-refractivity contribution in [3.8, 4) is 11.3 Å². The predicted octanol–water partition coefficient (Wildman–Crippen LogP) is 3.53. The minimum Gasteiger partial charge on any atom is -0.456 e. The fourth-order valence-electron chi connectivity index (χ4n) is 2.18. The summed E-state index contributed by atoms with van der Waals surface area (Å²) in [6.07, 6.45) is 0. The number of rotatable bonds is 2. The molecule has 0 aliphatic heterocycles. The lowest BCUT2D eigenvalue weighted by Gasteiger charge is -2.13. The number of nitrogens with zero attached hydrogens (tertiary/aromatic N) is 1. The summed E-state index contributed by atoms with van der Waals surface area (Å²) in [6, 6.07) is 16.8. The van der Waals surface area contributed by atoms with Crippen molar-refractivity contribution in [2.45, 2.75) is 0 Å². The van der Waals surface area contributed by atoms with Crippen LogP contribution >= 0.6 is 0 Å². The Morgan fingerprint density at radius 3 is 2.55 bits per heavy atom. The Morgan fingerprint density at radius 2 is 1.75 bits per heavy atom. The van der Waals surface area contributed by atoms with Gasteiger partial charge >= 0.3 is 0 Å². The van der Waals surface area contributed by atoms with Crippen molar-refractivity contribution in [2.75, 3.05) is 19.0 Å². The summed E-state index contributed by atoms with van der Waals surface area (Å²) in [6.45, 7) is 0. The van der Waals surface area contributed by atoms with E-state index in [1.54, 1.807) is 12.1 Å². The van der Waals surface area contributed by atoms with Crippen molar-refractivity contribution in [3.05, 3.63) is 64.8 Å². The van der Waals surface area contributed by atoms with Gasteiger partial charge in [0.05, 0.1) is 5.39 Å². The number of para-hydroxylation sites is 1. The smallest absolute Gasteiger partial charge is 0.193 e. The van der Waals surface area contributed by atoms with E-state index >= 15 is 0 Å². The van der Waals surface area contributed by atoms with Gasteiger partial charge in [0.25, 0.3) is 0 Å². The molecule has 0 amide bonds. The standard InChI is InChI=1S/C17H15NO2/c1-18(2)13-7-5-6-12(10-13)17-11-15(19)14-8-3-4-9-16(14)20-17/h3-11H,1-2H3. The Morgan fingerprint density at radius 1 is 0.950 bits per heavy atom. The van der Waals surface area contributed by atoms with Crippen LogP contribution in [0.3, 0.4) is 0 Å². The minimum atomic E-state index is -0.0166. The molecule has 0 unspecified atom stereocenters. The van der Waals surface area contributed by atoms with Crippen LogP contribution in [0, 0.1) is 0 Å². The molecule has 3 heteroatoms. The van der Waals surface area contributed by atoms with Gasteiger partial charge in [-0.2, -0.15) is 0 Å². The molecular formula is C17H15NO2. The maximum Gasteiger partial charge on any atom is 0.193 e. The molecule has 0 saturated carbocycles. The van der Waals surface area contributed by atoms with E-state index in [1.165, 1.54) is 0 Å². The molecule has 0 fully saturated rings. The number of hydrogen-bond acceptors (Lipinski definition) is 3. The van der Waals surface area contributed by atoms with Gasteiger partial charge in [-0.1, -0.05) is 24.3 Å². The van der Waals surface area contributed by atoms with Gasteiger partial charge in [-0.05, 0) is 24.3 Å². The molecule has 0 radical (unpaired) electrons. The molecule has 0 aliphatic rings. The second-order valence-electron chi connectivity index (χ2n) is 4.92. The van der Waals surface area contributed by atoms with Crippen LogP contribution in [0.2, 0.25) is 0 Å². The van der Waals surface area contributed by atoms with Crippen LogP contribution < -0.4 is 10.3 Å². The van der Waals surface area contributed by atoms with Gasteiger partial charge in [0.2, 0.25) is 0 Å². The highest BCUT2D eigenvalue weighted by Crippen LogP contribution is 2.25. The molecule has 0 bridgehead atoms. The molecule has 0 atom stereocenters. The summed E-state index contributed by atoms with van der Waals surface area (Å²) in [5, 5.41) is 0.611. The Balaban J connectivity index is 2.20. The summed E-state index contributed by atoms with van der Waals surface area (Å²) in [7, 11) is 3.96. The van der Waals surface area contributed by atoms with Crippen LogP contribution in [-0.4, -0.2) is 14.1 Å². The largest absolute Gasteiger partial charge is 0.456 e. The zero-order valence-electron chi connectivity index (χ0n) is 11.5. The van der Waals surface area contributed by atoms with E-state index in [1.807, 2.05) is 61.5 Å². The highest BCUT2D eigenvalue weighted by atomic mass is 16.3. The highest BCUT2D eigenvalue weighted by molar-refractivity contribution is 5.78. The molecule has 1 heterocycles. The van der Waals surface area contributed by atoms with E-state index in [-0.39, 0.29) is 5.43 Å². The lowest BCUT2D eigenvalue weighted by molar-refractivity contribution is 0.619. The summed E-state index contributed by atoms with van der Waals surface area (Å²) < 4.78 is 5.84. The Kier molecular flexibility index (Phi) is 3.03. The molecule has 100 valence electrons. The fraction of sp³-hybridized carbons (Fsp3) is 0.118. The van der Waals surface area contributed by atoms with Gasteiger partial charge in [-0.25, -0.2) is 0 Å². The number of fused-ring (bicyclic) bond motifs is 1. The van der Waals surface area contributed by atoms with E-state index in [4.69, 9.17) is 4.42 Å². The molecule has 2 aromatic carbocycles. The van der Waals surface area contributed by atoms with Crippen LogP contribution in [0.25, 0.3) is 22.3 Å². The molecule has 0 spiro atoms. The second-order valence-corrected chi connectivity index (χ2v) is 4.92. The van der Waals surface area contributed by atoms with Crippen molar-refractivity contribution < 1.29 is 4.42 Å². The summed E-state index contributed by atoms with van der Waals surface area (Å²) in [5.41, 5.74) is 2.57. The van der Waals surface area contributed by atoms with E-state index in [0.717, 1.165) is 11.3 Å². The topological polar surface area (TPSA) is 33.5 Å². The molecular weight excluding hydrogens is 250 g/mol. The third-order valence-corrected chi connectivity index (χ3v) is 3.28. The van der Waals surface area contributed by atoms with Gasteiger partial charge in [0.15, 0.2) is 5.43 Å². The molecule has 3 aromatic rings. The molecule has 3 rings (SSSR count). The third-order valence-electron chi connectivity index (χ3n) is 3.28. The Labute approximate surface area is 117 Å².